The molecule has 3 fully saturated rings. The Hall–Kier alpha value is -1.12. The number of nitrogens with one attached hydrogen (secondary N) is 1. The summed E-state index contributed by atoms with van der Waals surface area (Å²) in [6, 6.07) is 0. The van der Waals surface area contributed by atoms with E-state index in [4.69, 9.17) is 9.26 Å². The molecule has 2 saturated heterocycles. The molecule has 6 nitrogen and oxygen atoms in total. The summed E-state index contributed by atoms with van der Waals surface area (Å²) in [5.74, 6) is -1.81. The number of piperidine rings is 1. The van der Waals surface area contributed by atoms with Crippen LogP contribution in [0, 0.1) is 0 Å². The fourth-order valence-electron chi connectivity index (χ4n) is 3.93. The van der Waals surface area contributed by atoms with Crippen LogP contribution in [-0.2, 0) is 10.3 Å². The molecule has 0 bridgehead atoms. The predicted molar refractivity (Wildman–Crippen MR) is 77.4 cm³/mol. The van der Waals surface area contributed by atoms with Crippen LogP contribution in [-0.4, -0.2) is 60.4 Å². The van der Waals surface area contributed by atoms with Gasteiger partial charge < -0.3 is 14.6 Å². The Kier molecular flexibility index (Phi) is 3.85. The van der Waals surface area contributed by atoms with E-state index in [1.54, 1.807) is 0 Å². The van der Waals surface area contributed by atoms with Crippen molar-refractivity contribution >= 4 is 0 Å². The van der Waals surface area contributed by atoms with Gasteiger partial charge in [0.1, 0.15) is 5.54 Å². The van der Waals surface area contributed by atoms with Gasteiger partial charge in [-0.05, 0) is 25.9 Å². The van der Waals surface area contributed by atoms with Crippen molar-refractivity contribution in [2.45, 2.75) is 43.1 Å². The van der Waals surface area contributed by atoms with Crippen LogP contribution in [0.4, 0.5) is 8.78 Å². The van der Waals surface area contributed by atoms with Crippen molar-refractivity contribution in [2.75, 3.05) is 39.4 Å². The van der Waals surface area contributed by atoms with E-state index in [9.17, 15) is 8.78 Å². The molecule has 0 amide bonds. The smallest absolute Gasteiger partial charge is 0.249 e. The van der Waals surface area contributed by atoms with Crippen molar-refractivity contribution in [3.05, 3.63) is 11.7 Å². The fraction of sp³-hybridized carbons (Fsp3) is 0.867. The first-order chi connectivity index (χ1) is 11.1. The zero-order valence-corrected chi connectivity index (χ0v) is 13.1. The first-order valence-corrected chi connectivity index (χ1v) is 8.35. The molecule has 0 spiro atoms. The van der Waals surface area contributed by atoms with E-state index in [1.807, 2.05) is 0 Å². The summed E-state index contributed by atoms with van der Waals surface area (Å²) in [4.78, 5) is 6.91. The van der Waals surface area contributed by atoms with Gasteiger partial charge in [0.25, 0.3) is 0 Å². The summed E-state index contributed by atoms with van der Waals surface area (Å²) < 4.78 is 37.2. The van der Waals surface area contributed by atoms with Gasteiger partial charge in [-0.15, -0.1) is 0 Å². The standard InChI is InChI=1S/C15H22F2N4O2/c16-15(17)9-11(10-15)12-19-13(23-20-12)14(1-3-18-4-2-14)21-5-7-22-8-6-21/h11,18H,1-10H2. The van der Waals surface area contributed by atoms with Crippen molar-refractivity contribution in [3.8, 4) is 0 Å². The van der Waals surface area contributed by atoms with Gasteiger partial charge in [-0.1, -0.05) is 5.16 Å². The maximum atomic E-state index is 13.1. The second-order valence-electron chi connectivity index (χ2n) is 6.80. The van der Waals surface area contributed by atoms with Crippen molar-refractivity contribution in [2.24, 2.45) is 0 Å². The molecule has 128 valence electrons. The summed E-state index contributed by atoms with van der Waals surface area (Å²) in [6.45, 7) is 4.83. The monoisotopic (exact) mass is 328 g/mol. The average Bonchev–Trinajstić information content (AvgIpc) is 3.04. The van der Waals surface area contributed by atoms with Crippen LogP contribution in [0.3, 0.4) is 0 Å². The van der Waals surface area contributed by atoms with Crippen molar-refractivity contribution in [1.82, 2.24) is 20.4 Å². The first kappa shape index (κ1) is 15.4. The Morgan fingerprint density at radius 2 is 1.83 bits per heavy atom. The minimum Gasteiger partial charge on any atom is -0.379 e. The Balaban J connectivity index is 1.58. The molecule has 0 unspecified atom stereocenters. The lowest BCUT2D eigenvalue weighted by atomic mass is 9.80. The third-order valence-electron chi connectivity index (χ3n) is 5.34. The van der Waals surface area contributed by atoms with Gasteiger partial charge in [0, 0.05) is 31.8 Å². The normalized spacial score (nSPS) is 28.4. The lowest BCUT2D eigenvalue weighted by Gasteiger charge is -2.45. The van der Waals surface area contributed by atoms with Gasteiger partial charge >= 0.3 is 0 Å². The van der Waals surface area contributed by atoms with Crippen LogP contribution in [0.2, 0.25) is 0 Å². The Bertz CT molecular complexity index is 545. The number of rotatable bonds is 3. The van der Waals surface area contributed by atoms with Crippen LogP contribution < -0.4 is 5.32 Å². The van der Waals surface area contributed by atoms with Crippen LogP contribution in [0.5, 0.6) is 0 Å². The molecule has 3 heterocycles. The summed E-state index contributed by atoms with van der Waals surface area (Å²) in [7, 11) is 0. The molecular formula is C15H22F2N4O2. The Labute approximate surface area is 133 Å². The highest BCUT2D eigenvalue weighted by molar-refractivity contribution is 5.12. The molecule has 4 rings (SSSR count). The second-order valence-corrected chi connectivity index (χ2v) is 6.80. The molecule has 23 heavy (non-hydrogen) atoms. The summed E-state index contributed by atoms with van der Waals surface area (Å²) in [5, 5.41) is 7.39. The molecule has 8 heteroatoms. The first-order valence-electron chi connectivity index (χ1n) is 8.35. The molecule has 2 aliphatic heterocycles. The molecule has 0 atom stereocenters. The number of alkyl halides is 2. The van der Waals surface area contributed by atoms with E-state index in [1.165, 1.54) is 0 Å². The third kappa shape index (κ3) is 2.77. The van der Waals surface area contributed by atoms with E-state index in [0.717, 1.165) is 39.0 Å². The van der Waals surface area contributed by atoms with Crippen LogP contribution in [0.25, 0.3) is 0 Å². The summed E-state index contributed by atoms with van der Waals surface area (Å²) in [6.07, 6.45) is 1.43. The molecule has 1 saturated carbocycles. The zero-order chi connectivity index (χ0) is 15.9. The van der Waals surface area contributed by atoms with E-state index < -0.39 is 5.92 Å². The van der Waals surface area contributed by atoms with E-state index in [0.29, 0.717) is 24.9 Å². The van der Waals surface area contributed by atoms with E-state index >= 15 is 0 Å². The number of ether oxygens (including phenoxy) is 1. The number of morpholine rings is 1. The highest BCUT2D eigenvalue weighted by Crippen LogP contribution is 2.48. The lowest BCUT2D eigenvalue weighted by Crippen LogP contribution is -2.56. The number of halogens is 2. The molecule has 0 aromatic carbocycles. The average molecular weight is 328 g/mol. The second kappa shape index (κ2) is 5.75. The van der Waals surface area contributed by atoms with Gasteiger partial charge in [0.2, 0.25) is 11.8 Å². The zero-order valence-electron chi connectivity index (χ0n) is 13.1. The van der Waals surface area contributed by atoms with Crippen molar-refractivity contribution in [1.29, 1.82) is 0 Å². The highest BCUT2D eigenvalue weighted by atomic mass is 19.3. The topological polar surface area (TPSA) is 63.4 Å². The highest BCUT2D eigenvalue weighted by Gasteiger charge is 2.50. The van der Waals surface area contributed by atoms with E-state index in [-0.39, 0.29) is 24.3 Å². The van der Waals surface area contributed by atoms with E-state index in [2.05, 4.69) is 20.4 Å². The molecule has 1 aromatic heterocycles. The predicted octanol–water partition coefficient (Wildman–Crippen LogP) is 1.49. The molecule has 1 aliphatic carbocycles. The maximum absolute atomic E-state index is 13.1. The minimum atomic E-state index is -2.57. The fourth-order valence-corrected chi connectivity index (χ4v) is 3.93. The number of nitrogens with zero attached hydrogens (tertiary/aromatic N) is 3. The van der Waals surface area contributed by atoms with Gasteiger partial charge in [-0.3, -0.25) is 4.90 Å². The Morgan fingerprint density at radius 1 is 1.13 bits per heavy atom. The number of hydrogen-bond donors (Lipinski definition) is 1. The molecular weight excluding hydrogens is 306 g/mol. The van der Waals surface area contributed by atoms with Crippen LogP contribution in [0.1, 0.15) is 43.3 Å². The third-order valence-corrected chi connectivity index (χ3v) is 5.34. The van der Waals surface area contributed by atoms with Gasteiger partial charge in [-0.25, -0.2) is 8.78 Å². The molecule has 1 N–H and O–H groups in total. The van der Waals surface area contributed by atoms with Crippen molar-refractivity contribution < 1.29 is 18.0 Å². The maximum Gasteiger partial charge on any atom is 0.249 e. The molecule has 3 aliphatic rings. The van der Waals surface area contributed by atoms with Crippen LogP contribution >= 0.6 is 0 Å². The van der Waals surface area contributed by atoms with Crippen LogP contribution in [0.15, 0.2) is 4.52 Å². The minimum absolute atomic E-state index is 0.169. The SMILES string of the molecule is FC1(F)CC(c2noc(C3(N4CCOCC4)CCNCC3)n2)C1. The molecule has 0 radical (unpaired) electrons. The van der Waals surface area contributed by atoms with Crippen molar-refractivity contribution in [3.63, 3.8) is 0 Å². The quantitative estimate of drug-likeness (QED) is 0.907. The molecule has 1 aromatic rings. The summed E-state index contributed by atoms with van der Waals surface area (Å²) >= 11 is 0. The van der Waals surface area contributed by atoms with Gasteiger partial charge in [-0.2, -0.15) is 4.98 Å². The largest absolute Gasteiger partial charge is 0.379 e. The number of aromatic nitrogens is 2. The Morgan fingerprint density at radius 3 is 2.48 bits per heavy atom. The summed E-state index contributed by atoms with van der Waals surface area (Å²) in [5.41, 5.74) is -0.285. The van der Waals surface area contributed by atoms with Gasteiger partial charge in [0.05, 0.1) is 13.2 Å². The number of hydrogen-bond acceptors (Lipinski definition) is 6. The van der Waals surface area contributed by atoms with Gasteiger partial charge in [0.15, 0.2) is 5.82 Å². The lowest BCUT2D eigenvalue weighted by molar-refractivity contribution is -0.0888.